The van der Waals surface area contributed by atoms with Crippen LogP contribution in [0.25, 0.3) is 55.3 Å². The number of fused-ring (bicyclic) bond motifs is 4. The lowest BCUT2D eigenvalue weighted by Gasteiger charge is -2.57. The van der Waals surface area contributed by atoms with Crippen LogP contribution in [0.5, 0.6) is 0 Å². The summed E-state index contributed by atoms with van der Waals surface area (Å²) >= 11 is 0. The van der Waals surface area contributed by atoms with Gasteiger partial charge < -0.3 is 4.90 Å². The number of anilines is 3. The maximum atomic E-state index is 2.53. The molecule has 0 N–H and O–H groups in total. The lowest BCUT2D eigenvalue weighted by atomic mass is 9.48. The van der Waals surface area contributed by atoms with E-state index in [9.17, 15) is 0 Å². The largest absolute Gasteiger partial charge is 0.309 e. The zero-order chi connectivity index (χ0) is 40.0. The molecular weight excluding hydrogens is 723 g/mol. The first-order chi connectivity index (χ1) is 29.4. The van der Waals surface area contributed by atoms with Gasteiger partial charge in [0.25, 0.3) is 0 Å². The summed E-state index contributed by atoms with van der Waals surface area (Å²) in [6.45, 7) is 4.76. The summed E-state index contributed by atoms with van der Waals surface area (Å²) in [5.74, 6) is 2.83. The zero-order valence-electron chi connectivity index (χ0n) is 34.7. The smallest absolute Gasteiger partial charge is 0.0543 e. The second kappa shape index (κ2) is 13.7. The molecule has 8 aromatic carbocycles. The van der Waals surface area contributed by atoms with Crippen LogP contribution < -0.4 is 4.90 Å². The van der Waals surface area contributed by atoms with Crippen LogP contribution >= 0.6 is 0 Å². The van der Waals surface area contributed by atoms with Crippen molar-refractivity contribution in [1.29, 1.82) is 0 Å². The first-order valence-corrected chi connectivity index (χ1v) is 22.3. The van der Waals surface area contributed by atoms with Crippen LogP contribution in [-0.2, 0) is 10.8 Å². The van der Waals surface area contributed by atoms with Gasteiger partial charge in [-0.2, -0.15) is 0 Å². The molecule has 1 heteroatoms. The van der Waals surface area contributed by atoms with E-state index in [1.807, 2.05) is 0 Å². The average Bonchev–Trinajstić information content (AvgIpc) is 3.53. The highest BCUT2D eigenvalue weighted by molar-refractivity contribution is 6.00. The van der Waals surface area contributed by atoms with E-state index < -0.39 is 0 Å². The highest BCUT2D eigenvalue weighted by Gasteiger charge is 2.51. The van der Waals surface area contributed by atoms with Gasteiger partial charge in [-0.3, -0.25) is 0 Å². The topological polar surface area (TPSA) is 3.24 Å². The van der Waals surface area contributed by atoms with Crippen molar-refractivity contribution < 1.29 is 0 Å². The van der Waals surface area contributed by atoms with E-state index in [4.69, 9.17) is 0 Å². The monoisotopic (exact) mass is 773 g/mol. The number of hydrogen-bond donors (Lipinski definition) is 0. The van der Waals surface area contributed by atoms with E-state index >= 15 is 0 Å². The Labute approximate surface area is 355 Å². The Morgan fingerprint density at radius 3 is 1.78 bits per heavy atom. The molecule has 1 nitrogen and oxygen atoms in total. The minimum atomic E-state index is -0.111. The van der Waals surface area contributed by atoms with Crippen LogP contribution in [0.1, 0.15) is 69.1 Å². The van der Waals surface area contributed by atoms with Gasteiger partial charge in [0.15, 0.2) is 0 Å². The fraction of sp³-hybridized carbons (Fsp3) is 0.220. The second-order valence-corrected chi connectivity index (χ2v) is 19.2. The van der Waals surface area contributed by atoms with E-state index in [1.54, 1.807) is 5.56 Å². The molecule has 4 fully saturated rings. The molecule has 0 unspecified atom stereocenters. The predicted octanol–water partition coefficient (Wildman–Crippen LogP) is 16.1. The molecule has 4 saturated carbocycles. The highest BCUT2D eigenvalue weighted by Crippen LogP contribution is 2.61. The molecule has 13 rings (SSSR count). The molecule has 0 saturated heterocycles. The Hall–Kier alpha value is -6.18. The molecule has 292 valence electrons. The van der Waals surface area contributed by atoms with Crippen molar-refractivity contribution in [2.45, 2.75) is 63.2 Å². The summed E-state index contributed by atoms with van der Waals surface area (Å²) in [5.41, 5.74) is 18.2. The number of hydrogen-bond acceptors (Lipinski definition) is 1. The van der Waals surface area contributed by atoms with Gasteiger partial charge in [0.2, 0.25) is 0 Å². The van der Waals surface area contributed by atoms with Gasteiger partial charge in [-0.05, 0) is 153 Å². The van der Waals surface area contributed by atoms with Crippen molar-refractivity contribution in [3.05, 3.63) is 199 Å². The van der Waals surface area contributed by atoms with Crippen molar-refractivity contribution in [2.24, 2.45) is 17.8 Å². The third kappa shape index (κ3) is 5.66. The SMILES string of the molecule is CC1(C)c2ccccc2-c2c(N(c3ccc(-c4cccc5ccccc45)cc3)c3ccc(-c4ccc(C56CC7CC(CC(C7)C5)C6)cc4)cc3-c3ccccc3)cccc21. The third-order valence-corrected chi connectivity index (χ3v) is 15.2. The van der Waals surface area contributed by atoms with Crippen LogP contribution in [0.2, 0.25) is 0 Å². The molecule has 0 aromatic heterocycles. The van der Waals surface area contributed by atoms with Gasteiger partial charge in [0, 0.05) is 22.2 Å². The Balaban J connectivity index is 1.02. The summed E-state index contributed by atoms with van der Waals surface area (Å²) in [6.07, 6.45) is 8.63. The minimum Gasteiger partial charge on any atom is -0.309 e. The summed E-state index contributed by atoms with van der Waals surface area (Å²) in [4.78, 5) is 2.53. The minimum absolute atomic E-state index is 0.111. The third-order valence-electron chi connectivity index (χ3n) is 15.2. The number of benzene rings is 8. The summed E-state index contributed by atoms with van der Waals surface area (Å²) < 4.78 is 0. The van der Waals surface area contributed by atoms with E-state index in [1.165, 1.54) is 116 Å². The average molecular weight is 774 g/mol. The zero-order valence-corrected chi connectivity index (χ0v) is 34.7. The van der Waals surface area contributed by atoms with Crippen LogP contribution in [0.4, 0.5) is 17.1 Å². The lowest BCUT2D eigenvalue weighted by molar-refractivity contribution is -0.00518. The van der Waals surface area contributed by atoms with Gasteiger partial charge in [0.05, 0.1) is 11.4 Å². The van der Waals surface area contributed by atoms with Gasteiger partial charge in [0.1, 0.15) is 0 Å². The molecule has 60 heavy (non-hydrogen) atoms. The highest BCUT2D eigenvalue weighted by atomic mass is 15.1. The molecule has 0 atom stereocenters. The molecule has 0 heterocycles. The Bertz CT molecular complexity index is 2880. The fourth-order valence-electron chi connectivity index (χ4n) is 12.8. The Morgan fingerprint density at radius 2 is 1.02 bits per heavy atom. The molecular formula is C59H51N. The molecule has 5 aliphatic rings. The quantitative estimate of drug-likeness (QED) is 0.156. The Morgan fingerprint density at radius 1 is 0.433 bits per heavy atom. The molecule has 0 amide bonds. The van der Waals surface area contributed by atoms with Crippen molar-refractivity contribution in [2.75, 3.05) is 4.90 Å². The van der Waals surface area contributed by atoms with Crippen molar-refractivity contribution in [3.63, 3.8) is 0 Å². The molecule has 0 aliphatic heterocycles. The van der Waals surface area contributed by atoms with Gasteiger partial charge >= 0.3 is 0 Å². The van der Waals surface area contributed by atoms with Crippen molar-refractivity contribution in [1.82, 2.24) is 0 Å². The predicted molar refractivity (Wildman–Crippen MR) is 252 cm³/mol. The van der Waals surface area contributed by atoms with Crippen LogP contribution in [0.3, 0.4) is 0 Å². The summed E-state index contributed by atoms with van der Waals surface area (Å²) in [6, 6.07) is 68.6. The number of nitrogens with zero attached hydrogens (tertiary/aromatic N) is 1. The van der Waals surface area contributed by atoms with E-state index in [-0.39, 0.29) is 5.41 Å². The Kier molecular flexibility index (Phi) is 8.15. The maximum absolute atomic E-state index is 2.53. The normalized spacial score (nSPS) is 21.8. The van der Waals surface area contributed by atoms with Crippen molar-refractivity contribution in [3.8, 4) is 44.5 Å². The van der Waals surface area contributed by atoms with Crippen LogP contribution in [-0.4, -0.2) is 0 Å². The van der Waals surface area contributed by atoms with Gasteiger partial charge in [-0.15, -0.1) is 0 Å². The summed E-state index contributed by atoms with van der Waals surface area (Å²) in [7, 11) is 0. The molecule has 0 spiro atoms. The first-order valence-electron chi connectivity index (χ1n) is 22.3. The van der Waals surface area contributed by atoms with E-state index in [0.29, 0.717) is 5.41 Å². The molecule has 8 aromatic rings. The lowest BCUT2D eigenvalue weighted by Crippen LogP contribution is -2.48. The van der Waals surface area contributed by atoms with E-state index in [0.717, 1.165) is 23.4 Å². The first kappa shape index (κ1) is 35.7. The van der Waals surface area contributed by atoms with Crippen molar-refractivity contribution >= 4 is 27.8 Å². The summed E-state index contributed by atoms with van der Waals surface area (Å²) in [5, 5.41) is 2.54. The van der Waals surface area contributed by atoms with E-state index in [2.05, 4.69) is 201 Å². The fourth-order valence-corrected chi connectivity index (χ4v) is 12.8. The van der Waals surface area contributed by atoms with Crippen LogP contribution in [0.15, 0.2) is 182 Å². The second-order valence-electron chi connectivity index (χ2n) is 19.2. The molecule has 5 aliphatic carbocycles. The molecule has 0 radical (unpaired) electrons. The van der Waals surface area contributed by atoms with Gasteiger partial charge in [-0.25, -0.2) is 0 Å². The standard InChI is InChI=1S/C59H51N/c1-58(2)53-19-9-8-17-51(53)57-54(58)20-11-21-56(57)60(48-29-24-45(25-30-48)50-18-10-15-43-14-6-7-16-49(43)50)55-31-26-46(35-52(55)44-12-4-3-5-13-44)42-22-27-47(28-23-42)59-36-39-32-40(37-59)34-41(33-39)38-59/h3-31,35,39-41H,32-34,36-38H2,1-2H3. The van der Waals surface area contributed by atoms with Gasteiger partial charge in [-0.1, -0.05) is 166 Å². The number of rotatable bonds is 7. The van der Waals surface area contributed by atoms with Crippen LogP contribution in [0, 0.1) is 17.8 Å². The molecule has 4 bridgehead atoms. The maximum Gasteiger partial charge on any atom is 0.0543 e.